The van der Waals surface area contributed by atoms with Gasteiger partial charge in [0.1, 0.15) is 5.75 Å². The number of nitrogen functional groups attached to an aromatic ring is 1. The lowest BCUT2D eigenvalue weighted by Gasteiger charge is -2.15. The Bertz CT molecular complexity index is 335. The molecule has 0 unspecified atom stereocenters. The molecule has 86 valence electrons. The Balaban J connectivity index is 0.00000196. The Labute approximate surface area is 103 Å². The Kier molecular flexibility index (Phi) is 5.97. The normalized spacial score (nSPS) is 11.9. The van der Waals surface area contributed by atoms with Gasteiger partial charge in [-0.1, -0.05) is 15.9 Å². The number of anilines is 1. The molecule has 15 heavy (non-hydrogen) atoms. The first-order chi connectivity index (χ1) is 6.57. The van der Waals surface area contributed by atoms with E-state index in [1.807, 2.05) is 0 Å². The summed E-state index contributed by atoms with van der Waals surface area (Å²) in [5.74, 6) is 0.0420. The fraction of sp³-hybridized carbons (Fsp3) is 0.333. The highest BCUT2D eigenvalue weighted by atomic mass is 79.9. The second-order valence-electron chi connectivity index (χ2n) is 3.08. The first-order valence-corrected chi connectivity index (χ1v) is 5.09. The third-order valence-electron chi connectivity index (χ3n) is 2.04. The van der Waals surface area contributed by atoms with Gasteiger partial charge in [-0.05, 0) is 25.1 Å². The first-order valence-electron chi connectivity index (χ1n) is 4.30. The summed E-state index contributed by atoms with van der Waals surface area (Å²) < 4.78 is 0.755. The number of nitrogens with two attached hydrogens (primary N) is 3. The van der Waals surface area contributed by atoms with E-state index in [0.717, 1.165) is 4.47 Å². The second kappa shape index (κ2) is 6.17. The predicted octanol–water partition coefficient (Wildman–Crippen LogP) is 1.51. The van der Waals surface area contributed by atoms with Crippen molar-refractivity contribution in [3.05, 3.63) is 22.2 Å². The molecule has 1 aromatic carbocycles. The molecule has 0 amide bonds. The molecule has 1 aromatic rings. The molecule has 0 aliphatic heterocycles. The van der Waals surface area contributed by atoms with Gasteiger partial charge in [-0.15, -0.1) is 12.4 Å². The van der Waals surface area contributed by atoms with Crippen molar-refractivity contribution in [3.8, 4) is 5.75 Å². The maximum Gasteiger partial charge on any atom is 0.144 e. The number of phenolic OH excluding ortho intramolecular Hbond substituents is 1. The number of benzene rings is 1. The number of aromatic hydroxyl groups is 1. The van der Waals surface area contributed by atoms with Crippen LogP contribution in [0.15, 0.2) is 16.6 Å². The molecule has 0 aromatic heterocycles. The van der Waals surface area contributed by atoms with E-state index in [-0.39, 0.29) is 24.2 Å². The van der Waals surface area contributed by atoms with Gasteiger partial charge in [0.2, 0.25) is 0 Å². The van der Waals surface area contributed by atoms with Crippen molar-refractivity contribution in [1.82, 2.24) is 0 Å². The average Bonchev–Trinajstić information content (AvgIpc) is 2.13. The Morgan fingerprint density at radius 1 is 1.40 bits per heavy atom. The summed E-state index contributed by atoms with van der Waals surface area (Å²) in [6, 6.07) is 3.09. The van der Waals surface area contributed by atoms with E-state index in [9.17, 15) is 5.11 Å². The van der Waals surface area contributed by atoms with Crippen molar-refractivity contribution in [3.63, 3.8) is 0 Å². The Morgan fingerprint density at radius 2 is 2.00 bits per heavy atom. The maximum atomic E-state index is 9.70. The molecular formula is C9H15BrClN3O. The highest BCUT2D eigenvalue weighted by molar-refractivity contribution is 9.10. The predicted molar refractivity (Wildman–Crippen MR) is 68.1 cm³/mol. The van der Waals surface area contributed by atoms with Gasteiger partial charge in [0, 0.05) is 16.1 Å². The van der Waals surface area contributed by atoms with Gasteiger partial charge < -0.3 is 22.3 Å². The fourth-order valence-electron chi connectivity index (χ4n) is 1.28. The number of rotatable bonds is 3. The molecule has 1 rings (SSSR count). The fourth-order valence-corrected chi connectivity index (χ4v) is 1.89. The average molecular weight is 297 g/mol. The summed E-state index contributed by atoms with van der Waals surface area (Å²) in [7, 11) is 0. The minimum atomic E-state index is -0.294. The van der Waals surface area contributed by atoms with Crippen LogP contribution >= 0.6 is 28.3 Å². The number of hydrogen-bond donors (Lipinski definition) is 4. The summed E-state index contributed by atoms with van der Waals surface area (Å²) in [6.45, 7) is 0.474. The lowest BCUT2D eigenvalue weighted by molar-refractivity contribution is 0.461. The molecule has 1 atom stereocenters. The molecule has 7 N–H and O–H groups in total. The van der Waals surface area contributed by atoms with E-state index in [2.05, 4.69) is 15.9 Å². The van der Waals surface area contributed by atoms with Crippen LogP contribution in [0.1, 0.15) is 18.0 Å². The van der Waals surface area contributed by atoms with Crippen molar-refractivity contribution in [2.75, 3.05) is 12.3 Å². The number of hydrogen-bond acceptors (Lipinski definition) is 4. The van der Waals surface area contributed by atoms with Gasteiger partial charge in [-0.2, -0.15) is 0 Å². The summed E-state index contributed by atoms with van der Waals surface area (Å²) in [4.78, 5) is 0. The van der Waals surface area contributed by atoms with Crippen LogP contribution in [-0.2, 0) is 0 Å². The van der Waals surface area contributed by atoms with E-state index in [1.54, 1.807) is 12.1 Å². The van der Waals surface area contributed by atoms with E-state index in [1.165, 1.54) is 0 Å². The molecule has 0 spiro atoms. The summed E-state index contributed by atoms with van der Waals surface area (Å²) in [5, 5.41) is 9.70. The molecule has 0 heterocycles. The van der Waals surface area contributed by atoms with Crippen LogP contribution in [0.3, 0.4) is 0 Å². The molecule has 0 saturated heterocycles. The van der Waals surface area contributed by atoms with Crippen LogP contribution in [0.2, 0.25) is 0 Å². The smallest absolute Gasteiger partial charge is 0.144 e. The zero-order valence-electron chi connectivity index (χ0n) is 8.11. The van der Waals surface area contributed by atoms with Crippen molar-refractivity contribution in [2.45, 2.75) is 12.5 Å². The van der Waals surface area contributed by atoms with E-state index in [0.29, 0.717) is 24.2 Å². The summed E-state index contributed by atoms with van der Waals surface area (Å²) in [5.41, 5.74) is 17.8. The van der Waals surface area contributed by atoms with Crippen LogP contribution < -0.4 is 17.2 Å². The lowest BCUT2D eigenvalue weighted by Crippen LogP contribution is -2.16. The summed E-state index contributed by atoms with van der Waals surface area (Å²) in [6.07, 6.45) is 0.607. The van der Waals surface area contributed by atoms with E-state index < -0.39 is 0 Å². The zero-order valence-corrected chi connectivity index (χ0v) is 10.5. The van der Waals surface area contributed by atoms with Crippen molar-refractivity contribution >= 4 is 34.0 Å². The van der Waals surface area contributed by atoms with E-state index >= 15 is 0 Å². The van der Waals surface area contributed by atoms with Crippen LogP contribution in [0, 0.1) is 0 Å². The Hall–Kier alpha value is -0.490. The van der Waals surface area contributed by atoms with Crippen LogP contribution in [0.5, 0.6) is 5.75 Å². The Morgan fingerprint density at radius 3 is 2.53 bits per heavy atom. The topological polar surface area (TPSA) is 98.3 Å². The standard InChI is InChI=1S/C9H14BrN3O.ClH/c10-5-1-2-7(13)9(14)8(5)6(12)3-4-11;/h1-2,6,14H,3-4,11-13H2;1H/t6-;/m1./s1. The third-order valence-corrected chi connectivity index (χ3v) is 2.74. The van der Waals surface area contributed by atoms with Gasteiger partial charge in [0.25, 0.3) is 0 Å². The minimum Gasteiger partial charge on any atom is -0.505 e. The lowest BCUT2D eigenvalue weighted by atomic mass is 10.0. The van der Waals surface area contributed by atoms with Gasteiger partial charge in [-0.3, -0.25) is 0 Å². The molecular weight excluding hydrogens is 281 g/mol. The number of halogens is 2. The van der Waals surface area contributed by atoms with Crippen LogP contribution in [0.4, 0.5) is 5.69 Å². The molecule has 0 saturated carbocycles. The van der Waals surface area contributed by atoms with Gasteiger partial charge in [0.05, 0.1) is 5.69 Å². The molecule has 0 fully saturated rings. The van der Waals surface area contributed by atoms with Crippen LogP contribution in [0.25, 0.3) is 0 Å². The minimum absolute atomic E-state index is 0. The van der Waals surface area contributed by atoms with Crippen molar-refractivity contribution in [1.29, 1.82) is 0 Å². The van der Waals surface area contributed by atoms with Gasteiger partial charge in [0.15, 0.2) is 0 Å². The largest absolute Gasteiger partial charge is 0.505 e. The SMILES string of the molecule is Cl.NCC[C@@H](N)c1c(Br)ccc(N)c1O. The summed E-state index contributed by atoms with van der Waals surface area (Å²) >= 11 is 3.32. The third kappa shape index (κ3) is 3.24. The van der Waals surface area contributed by atoms with Gasteiger partial charge >= 0.3 is 0 Å². The maximum absolute atomic E-state index is 9.70. The monoisotopic (exact) mass is 295 g/mol. The molecule has 4 nitrogen and oxygen atoms in total. The number of phenols is 1. The highest BCUT2D eigenvalue weighted by Crippen LogP contribution is 2.36. The molecule has 6 heteroatoms. The van der Waals surface area contributed by atoms with Crippen LogP contribution in [-0.4, -0.2) is 11.7 Å². The van der Waals surface area contributed by atoms with E-state index in [4.69, 9.17) is 17.2 Å². The highest BCUT2D eigenvalue weighted by Gasteiger charge is 2.15. The molecule has 0 aliphatic carbocycles. The second-order valence-corrected chi connectivity index (χ2v) is 3.94. The van der Waals surface area contributed by atoms with Crippen molar-refractivity contribution in [2.24, 2.45) is 11.5 Å². The van der Waals surface area contributed by atoms with Crippen molar-refractivity contribution < 1.29 is 5.11 Å². The molecule has 0 bridgehead atoms. The molecule has 0 radical (unpaired) electrons. The first kappa shape index (κ1) is 14.5. The zero-order chi connectivity index (χ0) is 10.7. The quantitative estimate of drug-likeness (QED) is 0.502. The van der Waals surface area contributed by atoms with Gasteiger partial charge in [-0.25, -0.2) is 0 Å². The molecule has 0 aliphatic rings.